The molecule has 190 valence electrons. The van der Waals surface area contributed by atoms with Gasteiger partial charge in [-0.2, -0.15) is 18.4 Å². The van der Waals surface area contributed by atoms with Gasteiger partial charge in [-0.15, -0.1) is 0 Å². The molecule has 2 saturated carbocycles. The lowest BCUT2D eigenvalue weighted by Crippen LogP contribution is -2.38. The summed E-state index contributed by atoms with van der Waals surface area (Å²) in [7, 11) is 0. The monoisotopic (exact) mass is 496 g/mol. The maximum Gasteiger partial charge on any atom is 0.471 e. The summed E-state index contributed by atoms with van der Waals surface area (Å²) in [5.74, 6) is -1.30. The van der Waals surface area contributed by atoms with Crippen molar-refractivity contribution >= 4 is 5.91 Å². The van der Waals surface area contributed by atoms with Crippen molar-refractivity contribution in [1.29, 1.82) is 5.26 Å². The van der Waals surface area contributed by atoms with Gasteiger partial charge in [-0.1, -0.05) is 54.8 Å². The first kappa shape index (κ1) is 26.0. The van der Waals surface area contributed by atoms with E-state index in [0.717, 1.165) is 42.4 Å². The van der Waals surface area contributed by atoms with Crippen LogP contribution < -0.4 is 5.32 Å². The Morgan fingerprint density at radius 3 is 2.75 bits per heavy atom. The van der Waals surface area contributed by atoms with Crippen molar-refractivity contribution < 1.29 is 22.7 Å². The van der Waals surface area contributed by atoms with Crippen LogP contribution in [0.4, 0.5) is 13.2 Å². The molecule has 1 N–H and O–H groups in total. The third-order valence-electron chi connectivity index (χ3n) is 7.24. The molecule has 0 aliphatic heterocycles. The zero-order chi connectivity index (χ0) is 25.6. The minimum Gasteiger partial charge on any atom is -0.376 e. The molecule has 36 heavy (non-hydrogen) atoms. The van der Waals surface area contributed by atoms with Gasteiger partial charge in [0.1, 0.15) is 0 Å². The first-order valence-electron chi connectivity index (χ1n) is 12.5. The molecule has 2 aliphatic carbocycles. The van der Waals surface area contributed by atoms with E-state index < -0.39 is 12.1 Å². The highest BCUT2D eigenvalue weighted by atomic mass is 19.4. The van der Waals surface area contributed by atoms with Crippen LogP contribution in [0.5, 0.6) is 0 Å². The minimum absolute atomic E-state index is 0.0103. The molecular weight excluding hydrogens is 465 g/mol. The number of hydrogen-bond donors (Lipinski definition) is 1. The second kappa shape index (κ2) is 11.3. The van der Waals surface area contributed by atoms with Crippen LogP contribution in [-0.4, -0.2) is 25.2 Å². The molecule has 0 spiro atoms. The third kappa shape index (κ3) is 6.76. The summed E-state index contributed by atoms with van der Waals surface area (Å²) < 4.78 is 43.3. The van der Waals surface area contributed by atoms with Crippen molar-refractivity contribution in [1.82, 2.24) is 5.32 Å². The number of amides is 1. The molecule has 2 aromatic carbocycles. The Kier molecular flexibility index (Phi) is 8.15. The van der Waals surface area contributed by atoms with Crippen molar-refractivity contribution in [2.75, 3.05) is 13.2 Å². The average molecular weight is 497 g/mol. The molecule has 2 fully saturated rings. The highest BCUT2D eigenvalue weighted by Crippen LogP contribution is 2.51. The number of fused-ring (bicyclic) bond motifs is 2. The van der Waals surface area contributed by atoms with Crippen LogP contribution in [0.3, 0.4) is 0 Å². The van der Waals surface area contributed by atoms with E-state index in [0.29, 0.717) is 31.1 Å². The van der Waals surface area contributed by atoms with Gasteiger partial charge in [-0.05, 0) is 78.3 Å². The van der Waals surface area contributed by atoms with E-state index in [1.807, 2.05) is 47.8 Å². The van der Waals surface area contributed by atoms with Gasteiger partial charge in [0.05, 0.1) is 24.8 Å². The highest BCUT2D eigenvalue weighted by Gasteiger charge is 2.41. The van der Waals surface area contributed by atoms with Crippen molar-refractivity contribution in [3.63, 3.8) is 0 Å². The summed E-state index contributed by atoms with van der Waals surface area (Å²) in [5, 5.41) is 11.1. The molecule has 1 amide bonds. The quantitative estimate of drug-likeness (QED) is 0.326. The Bertz CT molecular complexity index is 1150. The summed E-state index contributed by atoms with van der Waals surface area (Å²) in [6, 6.07) is 17.9. The number of rotatable bonds is 8. The second-order valence-corrected chi connectivity index (χ2v) is 10.1. The summed E-state index contributed by atoms with van der Waals surface area (Å²) in [6.07, 6.45) is 4.03. The van der Waals surface area contributed by atoms with Crippen LogP contribution in [0.1, 0.15) is 56.1 Å². The largest absolute Gasteiger partial charge is 0.471 e. The van der Waals surface area contributed by atoms with Gasteiger partial charge in [-0.25, -0.2) is 0 Å². The number of alkyl halides is 3. The number of nitrogens with one attached hydrogen (secondary N) is 1. The van der Waals surface area contributed by atoms with Crippen molar-refractivity contribution in [3.8, 4) is 17.2 Å². The Morgan fingerprint density at radius 2 is 1.97 bits per heavy atom. The average Bonchev–Trinajstić information content (AvgIpc) is 2.86. The number of hydrogen-bond acceptors (Lipinski definition) is 3. The highest BCUT2D eigenvalue weighted by molar-refractivity contribution is 5.81. The maximum atomic E-state index is 12.4. The lowest BCUT2D eigenvalue weighted by molar-refractivity contribution is -0.173. The maximum absolute atomic E-state index is 12.4. The number of nitrogens with zero attached hydrogens (tertiary/aromatic N) is 1. The molecule has 2 unspecified atom stereocenters. The molecule has 4 rings (SSSR count). The number of benzene rings is 2. The smallest absolute Gasteiger partial charge is 0.376 e. The van der Waals surface area contributed by atoms with Crippen LogP contribution in [-0.2, 0) is 16.1 Å². The fraction of sp³-hybridized carbons (Fsp3) is 0.448. The fourth-order valence-corrected chi connectivity index (χ4v) is 5.74. The lowest BCUT2D eigenvalue weighted by atomic mass is 9.61. The first-order valence-corrected chi connectivity index (χ1v) is 12.5. The molecule has 4 nitrogen and oxygen atoms in total. The molecule has 2 bridgehead atoms. The zero-order valence-corrected chi connectivity index (χ0v) is 20.2. The molecule has 0 radical (unpaired) electrons. The van der Waals surface area contributed by atoms with Crippen molar-refractivity contribution in [2.45, 2.75) is 57.7 Å². The number of carbonyl (C=O) groups excluding carboxylic acids is 1. The number of allylic oxidation sites excluding steroid dienone is 1. The summed E-state index contributed by atoms with van der Waals surface area (Å²) in [6.45, 7) is 1.14. The molecule has 7 heteroatoms. The van der Waals surface area contributed by atoms with Gasteiger partial charge in [0.25, 0.3) is 0 Å². The molecule has 0 aromatic heterocycles. The third-order valence-corrected chi connectivity index (χ3v) is 7.24. The number of ether oxygens (including phenoxy) is 1. The van der Waals surface area contributed by atoms with Crippen LogP contribution >= 0.6 is 0 Å². The molecule has 2 atom stereocenters. The molecule has 0 heterocycles. The van der Waals surface area contributed by atoms with Crippen molar-refractivity contribution in [3.05, 3.63) is 71.3 Å². The molecule has 0 saturated heterocycles. The van der Waals surface area contributed by atoms with E-state index in [1.165, 1.54) is 18.4 Å². The number of nitriles is 1. The van der Waals surface area contributed by atoms with Gasteiger partial charge < -0.3 is 10.1 Å². The van der Waals surface area contributed by atoms with Gasteiger partial charge >= 0.3 is 12.1 Å². The standard InChI is InChI=1S/C29H31F3N2O2/c30-29(31,32)27(35)34-12-4-8-22-13-21-7-3-11-28(16-21,17-22)20-36-19-24-6-2-10-26(15-24)25-9-1-5-23(14-25)18-33/h1-2,5-6,8-10,14-15,21H,3-4,7,11-13,16-17,19-20H2,(H,34,35). The molecule has 2 aliphatic rings. The Hall–Kier alpha value is -3.11. The van der Waals surface area contributed by atoms with E-state index in [1.54, 1.807) is 6.07 Å². The van der Waals surface area contributed by atoms with Gasteiger partial charge in [-0.3, -0.25) is 4.79 Å². The second-order valence-electron chi connectivity index (χ2n) is 10.1. The van der Waals surface area contributed by atoms with E-state index in [-0.39, 0.29) is 12.0 Å². The van der Waals surface area contributed by atoms with E-state index >= 15 is 0 Å². The van der Waals surface area contributed by atoms with E-state index in [2.05, 4.69) is 12.1 Å². The van der Waals surface area contributed by atoms with Crippen molar-refractivity contribution in [2.24, 2.45) is 11.3 Å². The Balaban J connectivity index is 1.33. The zero-order valence-electron chi connectivity index (χ0n) is 20.2. The van der Waals surface area contributed by atoms with Gasteiger partial charge in [0.2, 0.25) is 0 Å². The predicted molar refractivity (Wildman–Crippen MR) is 132 cm³/mol. The lowest BCUT2D eigenvalue weighted by Gasteiger charge is -2.46. The Morgan fingerprint density at radius 1 is 1.19 bits per heavy atom. The number of halogens is 3. The SMILES string of the molecule is N#Cc1cccc(-c2cccc(COCC34CCCC(CC(=CCCNC(=O)C(F)(F)F)C3)C4)c2)c1. The molecule has 2 aromatic rings. The van der Waals surface area contributed by atoms with E-state index in [9.17, 15) is 23.2 Å². The topological polar surface area (TPSA) is 62.1 Å². The minimum atomic E-state index is -4.84. The van der Waals surface area contributed by atoms with E-state index in [4.69, 9.17) is 4.74 Å². The van der Waals surface area contributed by atoms with Gasteiger partial charge in [0.15, 0.2) is 0 Å². The van der Waals surface area contributed by atoms with Crippen LogP contribution in [0.15, 0.2) is 60.2 Å². The summed E-state index contributed by atoms with van der Waals surface area (Å²) >= 11 is 0. The van der Waals surface area contributed by atoms with Gasteiger partial charge in [0, 0.05) is 6.54 Å². The Labute approximate surface area is 210 Å². The normalized spacial score (nSPS) is 22.7. The predicted octanol–water partition coefficient (Wildman–Crippen LogP) is 6.71. The first-order chi connectivity index (χ1) is 17.3. The summed E-state index contributed by atoms with van der Waals surface area (Å²) in [4.78, 5) is 11.0. The van der Waals surface area contributed by atoms with Crippen LogP contribution in [0, 0.1) is 22.7 Å². The van der Waals surface area contributed by atoms with Crippen LogP contribution in [0.2, 0.25) is 0 Å². The number of carbonyl (C=O) groups is 1. The van der Waals surface area contributed by atoms with Crippen LogP contribution in [0.25, 0.3) is 11.1 Å². The fourth-order valence-electron chi connectivity index (χ4n) is 5.74. The summed E-state index contributed by atoms with van der Waals surface area (Å²) in [5.41, 5.74) is 5.09. The molecular formula is C29H31F3N2O2.